The van der Waals surface area contributed by atoms with Crippen LogP contribution in [0.2, 0.25) is 0 Å². The molecule has 2 aliphatic carbocycles. The number of fused-ring (bicyclic) bond motifs is 2. The number of primary amides is 1. The average molecular weight is 245 g/mol. The summed E-state index contributed by atoms with van der Waals surface area (Å²) in [5.74, 6) is -0.481. The Hall–Kier alpha value is -1.88. The van der Waals surface area contributed by atoms with Gasteiger partial charge in [-0.1, -0.05) is 12.2 Å². The zero-order chi connectivity index (χ0) is 12.7. The second kappa shape index (κ2) is 4.10. The van der Waals surface area contributed by atoms with E-state index >= 15 is 0 Å². The molecule has 1 aromatic heterocycles. The molecule has 0 bridgehead atoms. The lowest BCUT2D eigenvalue weighted by molar-refractivity contribution is 0.0994. The van der Waals surface area contributed by atoms with Crippen molar-refractivity contribution in [1.29, 1.82) is 0 Å². The van der Waals surface area contributed by atoms with Gasteiger partial charge >= 0.3 is 0 Å². The maximum Gasteiger partial charge on any atom is 0.267 e. The van der Waals surface area contributed by atoms with Gasteiger partial charge in [0.25, 0.3) is 5.91 Å². The van der Waals surface area contributed by atoms with Crippen molar-refractivity contribution in [3.8, 4) is 0 Å². The number of aromatic nitrogens is 2. The minimum absolute atomic E-state index is 0.392. The maximum absolute atomic E-state index is 11.3. The van der Waals surface area contributed by atoms with Gasteiger partial charge < -0.3 is 10.8 Å². The number of aromatic amines is 1. The second-order valence-electron chi connectivity index (χ2n) is 4.72. The third kappa shape index (κ3) is 1.59. The third-order valence-electron chi connectivity index (χ3n) is 3.65. The number of carbonyl (C=O) groups is 1. The number of nitrogens with two attached hydrogens (primary N) is 1. The molecule has 0 fully saturated rings. The SMILES string of the molecule is NC(=O)c1[nH]nc2c1CCC1=C2C=CCCC1O. The molecule has 94 valence electrons. The molecular formula is C13H15N3O2. The van der Waals surface area contributed by atoms with E-state index in [1.54, 1.807) is 0 Å². The molecule has 1 aromatic rings. The van der Waals surface area contributed by atoms with Crippen molar-refractivity contribution < 1.29 is 9.90 Å². The normalized spacial score (nSPS) is 22.4. The Morgan fingerprint density at radius 1 is 1.50 bits per heavy atom. The van der Waals surface area contributed by atoms with Crippen LogP contribution in [0.5, 0.6) is 0 Å². The molecule has 0 aromatic carbocycles. The number of amides is 1. The third-order valence-corrected chi connectivity index (χ3v) is 3.65. The minimum atomic E-state index is -0.481. The fourth-order valence-electron chi connectivity index (χ4n) is 2.74. The molecule has 5 nitrogen and oxygen atoms in total. The van der Waals surface area contributed by atoms with Gasteiger partial charge in [-0.3, -0.25) is 9.89 Å². The Kier molecular flexibility index (Phi) is 2.56. The van der Waals surface area contributed by atoms with Gasteiger partial charge in [-0.15, -0.1) is 0 Å². The Labute approximate surface area is 104 Å². The smallest absolute Gasteiger partial charge is 0.267 e. The first kappa shape index (κ1) is 11.2. The van der Waals surface area contributed by atoms with Crippen molar-refractivity contribution in [2.24, 2.45) is 5.73 Å². The number of aliphatic hydroxyl groups excluding tert-OH is 1. The number of hydrogen-bond acceptors (Lipinski definition) is 3. The molecule has 4 N–H and O–H groups in total. The van der Waals surface area contributed by atoms with E-state index in [4.69, 9.17) is 5.73 Å². The van der Waals surface area contributed by atoms with Crippen LogP contribution in [-0.2, 0) is 6.42 Å². The van der Waals surface area contributed by atoms with E-state index in [0.717, 1.165) is 41.7 Å². The van der Waals surface area contributed by atoms with Gasteiger partial charge in [0.2, 0.25) is 0 Å². The van der Waals surface area contributed by atoms with E-state index in [1.165, 1.54) is 0 Å². The predicted octanol–water partition coefficient (Wildman–Crippen LogP) is 0.919. The van der Waals surface area contributed by atoms with E-state index < -0.39 is 12.0 Å². The van der Waals surface area contributed by atoms with E-state index in [1.807, 2.05) is 12.2 Å². The predicted molar refractivity (Wildman–Crippen MR) is 66.7 cm³/mol. The standard InChI is InChI=1S/C13H15N3O2/c14-13(18)12-9-6-5-7-8(11(9)15-16-12)3-1-2-4-10(7)17/h1,3,10,17H,2,4-6H2,(H2,14,18)(H,15,16). The molecule has 0 aliphatic heterocycles. The van der Waals surface area contributed by atoms with Crippen molar-refractivity contribution in [1.82, 2.24) is 10.2 Å². The first-order chi connectivity index (χ1) is 8.68. The summed E-state index contributed by atoms with van der Waals surface area (Å²) in [6.07, 6.45) is 6.70. The summed E-state index contributed by atoms with van der Waals surface area (Å²) in [6, 6.07) is 0. The fourth-order valence-corrected chi connectivity index (χ4v) is 2.74. The number of aliphatic hydroxyl groups is 1. The molecule has 5 heteroatoms. The van der Waals surface area contributed by atoms with Crippen LogP contribution in [0.3, 0.4) is 0 Å². The quantitative estimate of drug-likeness (QED) is 0.687. The van der Waals surface area contributed by atoms with Crippen LogP contribution < -0.4 is 5.73 Å². The Morgan fingerprint density at radius 3 is 3.11 bits per heavy atom. The fraction of sp³-hybridized carbons (Fsp3) is 0.385. The maximum atomic E-state index is 11.3. The summed E-state index contributed by atoms with van der Waals surface area (Å²) in [5, 5.41) is 17.0. The Bertz CT molecular complexity index is 569. The van der Waals surface area contributed by atoms with E-state index in [-0.39, 0.29) is 0 Å². The van der Waals surface area contributed by atoms with Crippen LogP contribution >= 0.6 is 0 Å². The number of hydrogen-bond donors (Lipinski definition) is 3. The average Bonchev–Trinajstić information content (AvgIpc) is 2.69. The van der Waals surface area contributed by atoms with Gasteiger partial charge in [0.15, 0.2) is 0 Å². The highest BCUT2D eigenvalue weighted by Gasteiger charge is 2.28. The van der Waals surface area contributed by atoms with Crippen LogP contribution in [0.15, 0.2) is 17.7 Å². The van der Waals surface area contributed by atoms with E-state index in [9.17, 15) is 9.90 Å². The molecule has 1 unspecified atom stereocenters. The first-order valence-electron chi connectivity index (χ1n) is 6.13. The largest absolute Gasteiger partial charge is 0.389 e. The molecule has 1 heterocycles. The molecule has 1 amide bonds. The van der Waals surface area contributed by atoms with Crippen LogP contribution in [0.1, 0.15) is 41.0 Å². The number of nitrogens with zero attached hydrogens (tertiary/aromatic N) is 1. The molecule has 0 saturated heterocycles. The van der Waals surface area contributed by atoms with Crippen molar-refractivity contribution in [2.45, 2.75) is 31.8 Å². The lowest BCUT2D eigenvalue weighted by Gasteiger charge is -2.21. The summed E-state index contributed by atoms with van der Waals surface area (Å²) in [6.45, 7) is 0. The van der Waals surface area contributed by atoms with Crippen LogP contribution in [0.25, 0.3) is 5.57 Å². The van der Waals surface area contributed by atoms with Gasteiger partial charge in [-0.05, 0) is 31.3 Å². The Morgan fingerprint density at radius 2 is 2.33 bits per heavy atom. The topological polar surface area (TPSA) is 92.0 Å². The first-order valence-corrected chi connectivity index (χ1v) is 6.13. The number of H-pyrrole nitrogens is 1. The highest BCUT2D eigenvalue weighted by Crippen LogP contribution is 2.36. The Balaban J connectivity index is 2.15. The van der Waals surface area contributed by atoms with Gasteiger partial charge in [-0.2, -0.15) is 5.10 Å². The van der Waals surface area contributed by atoms with Crippen molar-refractivity contribution >= 4 is 11.5 Å². The summed E-state index contributed by atoms with van der Waals surface area (Å²) >= 11 is 0. The summed E-state index contributed by atoms with van der Waals surface area (Å²) in [7, 11) is 0. The molecule has 2 aliphatic rings. The monoisotopic (exact) mass is 245 g/mol. The van der Waals surface area contributed by atoms with Crippen molar-refractivity contribution in [2.75, 3.05) is 0 Å². The molecule has 18 heavy (non-hydrogen) atoms. The second-order valence-corrected chi connectivity index (χ2v) is 4.72. The highest BCUT2D eigenvalue weighted by molar-refractivity contribution is 5.95. The van der Waals surface area contributed by atoms with Gasteiger partial charge in [0.05, 0.1) is 11.8 Å². The number of carbonyl (C=O) groups excluding carboxylic acids is 1. The molecular weight excluding hydrogens is 230 g/mol. The van der Waals surface area contributed by atoms with Crippen molar-refractivity contribution in [3.05, 3.63) is 34.7 Å². The number of allylic oxidation sites excluding steroid dienone is 3. The van der Waals surface area contributed by atoms with E-state index in [0.29, 0.717) is 12.1 Å². The minimum Gasteiger partial charge on any atom is -0.389 e. The molecule has 1 atom stereocenters. The van der Waals surface area contributed by atoms with Crippen LogP contribution in [-0.4, -0.2) is 27.3 Å². The van der Waals surface area contributed by atoms with Gasteiger partial charge in [-0.25, -0.2) is 0 Å². The molecule has 0 saturated carbocycles. The lowest BCUT2D eigenvalue weighted by atomic mass is 9.86. The zero-order valence-corrected chi connectivity index (χ0v) is 9.94. The summed E-state index contributed by atoms with van der Waals surface area (Å²) < 4.78 is 0. The van der Waals surface area contributed by atoms with Crippen LogP contribution in [0, 0.1) is 0 Å². The molecule has 3 rings (SSSR count). The van der Waals surface area contributed by atoms with Gasteiger partial charge in [0.1, 0.15) is 5.69 Å². The molecule has 0 radical (unpaired) electrons. The summed E-state index contributed by atoms with van der Waals surface area (Å²) in [5.41, 5.74) is 9.32. The van der Waals surface area contributed by atoms with E-state index in [2.05, 4.69) is 10.2 Å². The number of rotatable bonds is 1. The lowest BCUT2D eigenvalue weighted by Crippen LogP contribution is -2.18. The highest BCUT2D eigenvalue weighted by atomic mass is 16.3. The zero-order valence-electron chi connectivity index (χ0n) is 9.94. The van der Waals surface area contributed by atoms with Crippen LogP contribution in [0.4, 0.5) is 0 Å². The van der Waals surface area contributed by atoms with Crippen molar-refractivity contribution in [3.63, 3.8) is 0 Å². The number of nitrogens with one attached hydrogen (secondary N) is 1. The molecule has 0 spiro atoms. The summed E-state index contributed by atoms with van der Waals surface area (Å²) in [4.78, 5) is 11.3. The van der Waals surface area contributed by atoms with Gasteiger partial charge in [0, 0.05) is 11.1 Å².